The maximum absolute atomic E-state index is 12.9. The van der Waals surface area contributed by atoms with Gasteiger partial charge in [0.25, 0.3) is 0 Å². The molecule has 1 fully saturated rings. The van der Waals surface area contributed by atoms with Gasteiger partial charge in [-0.3, -0.25) is 4.79 Å². The SMILES string of the molecule is CCOC1(C(=O)CC2Cc3ccccc32)CCCC(C)C1. The zero-order valence-corrected chi connectivity index (χ0v) is 13.2. The van der Waals surface area contributed by atoms with Crippen LogP contribution in [0.25, 0.3) is 0 Å². The molecule has 1 saturated carbocycles. The van der Waals surface area contributed by atoms with Crippen LogP contribution in [0, 0.1) is 5.92 Å². The van der Waals surface area contributed by atoms with Gasteiger partial charge < -0.3 is 4.74 Å². The lowest BCUT2D eigenvalue weighted by Crippen LogP contribution is -2.46. The van der Waals surface area contributed by atoms with Crippen LogP contribution in [0.4, 0.5) is 0 Å². The van der Waals surface area contributed by atoms with E-state index in [-0.39, 0.29) is 0 Å². The molecule has 3 rings (SSSR count). The van der Waals surface area contributed by atoms with Gasteiger partial charge in [0.1, 0.15) is 5.60 Å². The smallest absolute Gasteiger partial charge is 0.165 e. The summed E-state index contributed by atoms with van der Waals surface area (Å²) in [5.41, 5.74) is 2.30. The summed E-state index contributed by atoms with van der Waals surface area (Å²) in [5.74, 6) is 1.36. The second-order valence-electron chi connectivity index (χ2n) is 6.86. The number of rotatable bonds is 5. The van der Waals surface area contributed by atoms with E-state index in [1.165, 1.54) is 17.5 Å². The van der Waals surface area contributed by atoms with Crippen molar-refractivity contribution in [3.8, 4) is 0 Å². The minimum absolute atomic E-state index is 0.343. The number of hydrogen-bond acceptors (Lipinski definition) is 2. The van der Waals surface area contributed by atoms with Crippen LogP contribution in [-0.2, 0) is 16.0 Å². The summed E-state index contributed by atoms with van der Waals surface area (Å²) in [4.78, 5) is 12.9. The second-order valence-corrected chi connectivity index (χ2v) is 6.86. The number of ketones is 1. The Morgan fingerprint density at radius 3 is 2.90 bits per heavy atom. The van der Waals surface area contributed by atoms with E-state index >= 15 is 0 Å². The maximum atomic E-state index is 12.9. The normalized spacial score (nSPS) is 31.3. The molecule has 0 heterocycles. The van der Waals surface area contributed by atoms with Gasteiger partial charge in [-0.25, -0.2) is 0 Å². The van der Waals surface area contributed by atoms with Crippen LogP contribution in [-0.4, -0.2) is 18.0 Å². The molecule has 21 heavy (non-hydrogen) atoms. The van der Waals surface area contributed by atoms with E-state index in [1.54, 1.807) is 0 Å². The summed E-state index contributed by atoms with van der Waals surface area (Å²) in [6.45, 7) is 4.89. The maximum Gasteiger partial charge on any atom is 0.165 e. The molecule has 1 aromatic rings. The van der Waals surface area contributed by atoms with Crippen molar-refractivity contribution < 1.29 is 9.53 Å². The number of Topliss-reactive ketones (excluding diaryl/α,β-unsaturated/α-hetero) is 1. The van der Waals surface area contributed by atoms with E-state index in [9.17, 15) is 4.79 Å². The van der Waals surface area contributed by atoms with Crippen molar-refractivity contribution in [2.75, 3.05) is 6.61 Å². The Bertz CT molecular complexity index is 518. The molecule has 0 amide bonds. The first-order valence-corrected chi connectivity index (χ1v) is 8.39. The molecule has 2 nitrogen and oxygen atoms in total. The number of ether oxygens (including phenoxy) is 1. The summed E-state index contributed by atoms with van der Waals surface area (Å²) in [7, 11) is 0. The Morgan fingerprint density at radius 2 is 2.19 bits per heavy atom. The fourth-order valence-electron chi connectivity index (χ4n) is 4.20. The molecule has 0 radical (unpaired) electrons. The van der Waals surface area contributed by atoms with Crippen LogP contribution in [0.1, 0.15) is 63.0 Å². The van der Waals surface area contributed by atoms with Crippen molar-refractivity contribution >= 4 is 5.78 Å². The number of fused-ring (bicyclic) bond motifs is 1. The van der Waals surface area contributed by atoms with E-state index in [2.05, 4.69) is 31.2 Å². The molecule has 3 atom stereocenters. The number of hydrogen-bond donors (Lipinski definition) is 0. The highest BCUT2D eigenvalue weighted by Gasteiger charge is 2.43. The zero-order valence-electron chi connectivity index (χ0n) is 13.2. The number of carbonyl (C=O) groups excluding carboxylic acids is 1. The lowest BCUT2D eigenvalue weighted by atomic mass is 9.70. The van der Waals surface area contributed by atoms with Gasteiger partial charge in [-0.15, -0.1) is 0 Å². The minimum Gasteiger partial charge on any atom is -0.367 e. The van der Waals surface area contributed by atoms with E-state index < -0.39 is 5.60 Å². The number of benzene rings is 1. The first-order valence-electron chi connectivity index (χ1n) is 8.39. The quantitative estimate of drug-likeness (QED) is 0.808. The van der Waals surface area contributed by atoms with Gasteiger partial charge in [0.2, 0.25) is 0 Å². The summed E-state index contributed by atoms with van der Waals surface area (Å²) in [5, 5.41) is 0. The third-order valence-corrected chi connectivity index (χ3v) is 5.28. The van der Waals surface area contributed by atoms with E-state index in [4.69, 9.17) is 4.74 Å². The van der Waals surface area contributed by atoms with Crippen molar-refractivity contribution in [1.29, 1.82) is 0 Å². The second kappa shape index (κ2) is 5.92. The van der Waals surface area contributed by atoms with Gasteiger partial charge in [0.15, 0.2) is 5.78 Å². The van der Waals surface area contributed by atoms with Gasteiger partial charge >= 0.3 is 0 Å². The molecular formula is C19H26O2. The average molecular weight is 286 g/mol. The predicted octanol–water partition coefficient (Wildman–Crippen LogP) is 4.27. The number of carbonyl (C=O) groups is 1. The highest BCUT2D eigenvalue weighted by Crippen LogP contribution is 2.42. The Hall–Kier alpha value is -1.15. The lowest BCUT2D eigenvalue weighted by molar-refractivity contribution is -0.151. The summed E-state index contributed by atoms with van der Waals surface area (Å²) < 4.78 is 6.01. The largest absolute Gasteiger partial charge is 0.367 e. The van der Waals surface area contributed by atoms with Crippen molar-refractivity contribution in [1.82, 2.24) is 0 Å². The van der Waals surface area contributed by atoms with Gasteiger partial charge in [-0.05, 0) is 55.6 Å². The van der Waals surface area contributed by atoms with Crippen LogP contribution in [0.5, 0.6) is 0 Å². The molecule has 0 spiro atoms. The van der Waals surface area contributed by atoms with Crippen molar-refractivity contribution in [2.24, 2.45) is 5.92 Å². The summed E-state index contributed by atoms with van der Waals surface area (Å²) >= 11 is 0. The third-order valence-electron chi connectivity index (χ3n) is 5.28. The lowest BCUT2D eigenvalue weighted by Gasteiger charge is -2.40. The van der Waals surface area contributed by atoms with Crippen molar-refractivity contribution in [3.05, 3.63) is 35.4 Å². The van der Waals surface area contributed by atoms with E-state index in [1.807, 2.05) is 6.92 Å². The van der Waals surface area contributed by atoms with Gasteiger partial charge in [0.05, 0.1) is 0 Å². The van der Waals surface area contributed by atoms with Gasteiger partial charge in [0, 0.05) is 13.0 Å². The molecule has 0 N–H and O–H groups in total. The average Bonchev–Trinajstić information content (AvgIpc) is 2.45. The van der Waals surface area contributed by atoms with Crippen LogP contribution < -0.4 is 0 Å². The van der Waals surface area contributed by atoms with Gasteiger partial charge in [-0.2, -0.15) is 0 Å². The Kier molecular flexibility index (Phi) is 4.17. The van der Waals surface area contributed by atoms with Crippen LogP contribution >= 0.6 is 0 Å². The Balaban J connectivity index is 1.71. The van der Waals surface area contributed by atoms with Crippen LogP contribution in [0.3, 0.4) is 0 Å². The summed E-state index contributed by atoms with van der Waals surface area (Å²) in [6.07, 6.45) is 5.89. The Labute approximate surface area is 127 Å². The fourth-order valence-corrected chi connectivity index (χ4v) is 4.20. The molecule has 1 aromatic carbocycles. The molecule has 2 aliphatic carbocycles. The highest BCUT2D eigenvalue weighted by atomic mass is 16.5. The first-order chi connectivity index (χ1) is 10.1. The molecule has 0 bridgehead atoms. The predicted molar refractivity (Wildman–Crippen MR) is 84.5 cm³/mol. The van der Waals surface area contributed by atoms with Crippen molar-refractivity contribution in [2.45, 2.75) is 63.9 Å². The minimum atomic E-state index is -0.489. The van der Waals surface area contributed by atoms with Crippen LogP contribution in [0.15, 0.2) is 24.3 Å². The van der Waals surface area contributed by atoms with E-state index in [0.29, 0.717) is 30.6 Å². The molecule has 0 aromatic heterocycles. The standard InChI is InChI=1S/C19H26O2/c1-3-21-19(10-6-7-14(2)13-19)18(20)12-16-11-15-8-4-5-9-17(15)16/h4-5,8-9,14,16H,3,6-7,10-13H2,1-2H3. The topological polar surface area (TPSA) is 26.3 Å². The molecular weight excluding hydrogens is 260 g/mol. The monoisotopic (exact) mass is 286 g/mol. The summed E-state index contributed by atoms with van der Waals surface area (Å²) in [6, 6.07) is 8.52. The van der Waals surface area contributed by atoms with Crippen LogP contribution in [0.2, 0.25) is 0 Å². The van der Waals surface area contributed by atoms with Gasteiger partial charge in [-0.1, -0.05) is 37.6 Å². The Morgan fingerprint density at radius 1 is 1.38 bits per heavy atom. The third kappa shape index (κ3) is 2.78. The van der Waals surface area contributed by atoms with E-state index in [0.717, 1.165) is 25.7 Å². The molecule has 2 aliphatic rings. The van der Waals surface area contributed by atoms with Crippen molar-refractivity contribution in [3.63, 3.8) is 0 Å². The molecule has 3 unspecified atom stereocenters. The highest BCUT2D eigenvalue weighted by molar-refractivity contribution is 5.88. The first kappa shape index (κ1) is 14.8. The molecule has 0 saturated heterocycles. The molecule has 0 aliphatic heterocycles. The zero-order chi connectivity index (χ0) is 14.9. The molecule has 114 valence electrons. The molecule has 2 heteroatoms. The fraction of sp³-hybridized carbons (Fsp3) is 0.632.